The lowest BCUT2D eigenvalue weighted by molar-refractivity contribution is 0.545. The van der Waals surface area contributed by atoms with Gasteiger partial charge in [-0.3, -0.25) is 0 Å². The number of hydrogen-bond acceptors (Lipinski definition) is 2. The Morgan fingerprint density at radius 1 is 1.25 bits per heavy atom. The normalized spacial score (nSPS) is 19.9. The van der Waals surface area contributed by atoms with Crippen LogP contribution in [0.1, 0.15) is 19.8 Å². The quantitative estimate of drug-likeness (QED) is 0.764. The Labute approximate surface area is 95.7 Å². The van der Waals surface area contributed by atoms with Crippen LogP contribution in [0.15, 0.2) is 47.7 Å². The largest absolute Gasteiger partial charge is 0.359 e. The second-order valence-corrected chi connectivity index (χ2v) is 4.30. The van der Waals surface area contributed by atoms with Gasteiger partial charge in [0, 0.05) is 17.0 Å². The van der Waals surface area contributed by atoms with Crippen molar-refractivity contribution < 1.29 is 4.79 Å². The van der Waals surface area contributed by atoms with Crippen LogP contribution in [0.2, 0.25) is 0 Å². The number of anilines is 1. The zero-order chi connectivity index (χ0) is 11.4. The van der Waals surface area contributed by atoms with Gasteiger partial charge in [-0.1, -0.05) is 25.1 Å². The predicted octanol–water partition coefficient (Wildman–Crippen LogP) is 3.17. The molecule has 2 rings (SSSR count). The van der Waals surface area contributed by atoms with Gasteiger partial charge in [-0.25, -0.2) is 4.79 Å². The molecule has 0 radical (unpaired) electrons. The summed E-state index contributed by atoms with van der Waals surface area (Å²) in [5.74, 6) is 2.51. The van der Waals surface area contributed by atoms with E-state index in [-0.39, 0.29) is 0 Å². The molecule has 1 aromatic carbocycles. The Hall–Kier alpha value is -1.79. The molecule has 1 aliphatic carbocycles. The van der Waals surface area contributed by atoms with Crippen molar-refractivity contribution in [1.82, 2.24) is 0 Å². The van der Waals surface area contributed by atoms with Gasteiger partial charge < -0.3 is 5.32 Å². The standard InChI is InChI=1S/C14H15NO/c1-11-7-12(10-16)9-14(8-11)15-13-5-3-2-4-6-13/h2-6,9,11,15H,7-8H2,1H3. The first kappa shape index (κ1) is 10.7. The summed E-state index contributed by atoms with van der Waals surface area (Å²) < 4.78 is 0. The first-order valence-electron chi connectivity index (χ1n) is 5.54. The fourth-order valence-electron chi connectivity index (χ4n) is 2.02. The number of rotatable bonds is 2. The topological polar surface area (TPSA) is 29.1 Å². The Balaban J connectivity index is 2.16. The lowest BCUT2D eigenvalue weighted by Crippen LogP contribution is -2.11. The van der Waals surface area contributed by atoms with Crippen molar-refractivity contribution in [2.45, 2.75) is 19.8 Å². The summed E-state index contributed by atoms with van der Waals surface area (Å²) >= 11 is 0. The van der Waals surface area contributed by atoms with E-state index in [1.165, 1.54) is 0 Å². The summed E-state index contributed by atoms with van der Waals surface area (Å²) in [6, 6.07) is 10.0. The number of hydrogen-bond donors (Lipinski definition) is 1. The lowest BCUT2D eigenvalue weighted by atomic mass is 9.91. The molecule has 1 unspecified atom stereocenters. The van der Waals surface area contributed by atoms with Gasteiger partial charge in [0.1, 0.15) is 5.94 Å². The maximum absolute atomic E-state index is 10.7. The average molecular weight is 213 g/mol. The molecule has 0 bridgehead atoms. The Bertz CT molecular complexity index is 441. The van der Waals surface area contributed by atoms with Crippen LogP contribution in [0.4, 0.5) is 5.69 Å². The number of nitrogens with one attached hydrogen (secondary N) is 1. The first-order chi connectivity index (χ1) is 7.78. The molecular weight excluding hydrogens is 198 g/mol. The third-order valence-corrected chi connectivity index (χ3v) is 2.69. The molecule has 1 atom stereocenters. The van der Waals surface area contributed by atoms with Crippen LogP contribution in [0, 0.1) is 5.92 Å². The highest BCUT2D eigenvalue weighted by atomic mass is 16.1. The number of carbonyl (C=O) groups excluding carboxylic acids is 1. The average Bonchev–Trinajstić information content (AvgIpc) is 2.29. The highest BCUT2D eigenvalue weighted by molar-refractivity contribution is 5.60. The van der Waals surface area contributed by atoms with Gasteiger partial charge in [-0.15, -0.1) is 0 Å². The smallest absolute Gasteiger partial charge is 0.127 e. The van der Waals surface area contributed by atoms with Crippen LogP contribution in [-0.2, 0) is 4.79 Å². The van der Waals surface area contributed by atoms with E-state index >= 15 is 0 Å². The van der Waals surface area contributed by atoms with Crippen molar-refractivity contribution in [3.63, 3.8) is 0 Å². The minimum Gasteiger partial charge on any atom is -0.359 e. The van der Waals surface area contributed by atoms with Crippen molar-refractivity contribution in [2.75, 3.05) is 5.32 Å². The van der Waals surface area contributed by atoms with Crippen molar-refractivity contribution in [3.05, 3.63) is 47.7 Å². The van der Waals surface area contributed by atoms with Crippen molar-refractivity contribution in [1.29, 1.82) is 0 Å². The molecule has 0 amide bonds. The lowest BCUT2D eigenvalue weighted by Gasteiger charge is -2.20. The molecule has 0 aromatic heterocycles. The van der Waals surface area contributed by atoms with Crippen LogP contribution < -0.4 is 5.32 Å². The molecule has 0 heterocycles. The minimum absolute atomic E-state index is 0.507. The fraction of sp³-hybridized carbons (Fsp3) is 0.286. The fourth-order valence-corrected chi connectivity index (χ4v) is 2.02. The second kappa shape index (κ2) is 4.82. The SMILES string of the molecule is CC1CC(=C=O)C=C(Nc2ccccc2)C1. The van der Waals surface area contributed by atoms with E-state index in [1.807, 2.05) is 42.3 Å². The molecule has 1 N–H and O–H groups in total. The molecule has 0 saturated heterocycles. The summed E-state index contributed by atoms with van der Waals surface area (Å²) in [5, 5.41) is 3.34. The summed E-state index contributed by atoms with van der Waals surface area (Å²) in [5.41, 5.74) is 2.92. The molecular formula is C14H15NO. The molecule has 0 aliphatic heterocycles. The maximum atomic E-state index is 10.7. The van der Waals surface area contributed by atoms with Gasteiger partial charge in [-0.2, -0.15) is 0 Å². The van der Waals surface area contributed by atoms with Gasteiger partial charge in [0.15, 0.2) is 0 Å². The van der Waals surface area contributed by atoms with Gasteiger partial charge in [0.2, 0.25) is 0 Å². The summed E-state index contributed by atoms with van der Waals surface area (Å²) in [7, 11) is 0. The van der Waals surface area contributed by atoms with Crippen LogP contribution in [0.25, 0.3) is 0 Å². The molecule has 0 spiro atoms. The second-order valence-electron chi connectivity index (χ2n) is 4.30. The Kier molecular flexibility index (Phi) is 3.23. The molecule has 2 heteroatoms. The molecule has 16 heavy (non-hydrogen) atoms. The zero-order valence-corrected chi connectivity index (χ0v) is 9.36. The van der Waals surface area contributed by atoms with E-state index in [0.717, 1.165) is 29.8 Å². The van der Waals surface area contributed by atoms with Crippen LogP contribution in [-0.4, -0.2) is 5.94 Å². The van der Waals surface area contributed by atoms with Crippen LogP contribution >= 0.6 is 0 Å². The van der Waals surface area contributed by atoms with E-state index in [4.69, 9.17) is 0 Å². The van der Waals surface area contributed by atoms with Gasteiger partial charge >= 0.3 is 0 Å². The Morgan fingerprint density at radius 3 is 2.69 bits per heavy atom. The number of benzene rings is 1. The molecule has 1 aliphatic rings. The third kappa shape index (κ3) is 2.62. The highest BCUT2D eigenvalue weighted by Gasteiger charge is 2.15. The van der Waals surface area contributed by atoms with Crippen molar-refractivity contribution in [3.8, 4) is 0 Å². The van der Waals surface area contributed by atoms with Crippen LogP contribution in [0.5, 0.6) is 0 Å². The molecule has 0 saturated carbocycles. The summed E-state index contributed by atoms with van der Waals surface area (Å²) in [6.45, 7) is 2.15. The first-order valence-corrected chi connectivity index (χ1v) is 5.54. The van der Waals surface area contributed by atoms with Crippen molar-refractivity contribution >= 4 is 11.6 Å². The molecule has 0 fully saturated rings. The van der Waals surface area contributed by atoms with Crippen LogP contribution in [0.3, 0.4) is 0 Å². The monoisotopic (exact) mass is 213 g/mol. The van der Waals surface area contributed by atoms with E-state index in [1.54, 1.807) is 0 Å². The highest BCUT2D eigenvalue weighted by Crippen LogP contribution is 2.26. The third-order valence-electron chi connectivity index (χ3n) is 2.69. The molecule has 82 valence electrons. The van der Waals surface area contributed by atoms with Crippen molar-refractivity contribution in [2.24, 2.45) is 5.92 Å². The number of para-hydroxylation sites is 1. The van der Waals surface area contributed by atoms with Gasteiger partial charge in [0.25, 0.3) is 0 Å². The molecule has 2 nitrogen and oxygen atoms in total. The number of allylic oxidation sites excluding steroid dienone is 3. The Morgan fingerprint density at radius 2 is 2.00 bits per heavy atom. The maximum Gasteiger partial charge on any atom is 0.127 e. The van der Waals surface area contributed by atoms with E-state index in [9.17, 15) is 4.79 Å². The zero-order valence-electron chi connectivity index (χ0n) is 9.36. The molecule has 1 aromatic rings. The van der Waals surface area contributed by atoms with Gasteiger partial charge in [0.05, 0.1) is 0 Å². The van der Waals surface area contributed by atoms with Gasteiger partial charge in [-0.05, 0) is 37.0 Å². The predicted molar refractivity (Wildman–Crippen MR) is 65.8 cm³/mol. The van der Waals surface area contributed by atoms with E-state index in [2.05, 4.69) is 12.2 Å². The minimum atomic E-state index is 0.507. The summed E-state index contributed by atoms with van der Waals surface area (Å²) in [6.07, 6.45) is 3.74. The van der Waals surface area contributed by atoms with E-state index in [0.29, 0.717) is 5.92 Å². The summed E-state index contributed by atoms with van der Waals surface area (Å²) in [4.78, 5) is 10.7. The van der Waals surface area contributed by atoms with E-state index < -0.39 is 0 Å².